The van der Waals surface area contributed by atoms with Crippen molar-refractivity contribution >= 4 is 35.3 Å². The highest BCUT2D eigenvalue weighted by molar-refractivity contribution is 7.99. The molecular weight excluding hydrogens is 270 g/mol. The summed E-state index contributed by atoms with van der Waals surface area (Å²) >= 11 is 9.07. The van der Waals surface area contributed by atoms with Crippen LogP contribution in [0.5, 0.6) is 0 Å². The van der Waals surface area contributed by atoms with E-state index in [1.807, 2.05) is 17.8 Å². The Morgan fingerprint density at radius 2 is 2.53 bits per heavy atom. The third-order valence-electron chi connectivity index (χ3n) is 2.96. The van der Waals surface area contributed by atoms with E-state index >= 15 is 0 Å². The zero-order chi connectivity index (χ0) is 11.7. The summed E-state index contributed by atoms with van der Waals surface area (Å²) in [7, 11) is 0. The van der Waals surface area contributed by atoms with Crippen LogP contribution in [-0.2, 0) is 6.54 Å². The fraction of sp³-hybridized carbons (Fsp3) is 0.455. The van der Waals surface area contributed by atoms with Crippen LogP contribution in [0.1, 0.15) is 6.42 Å². The lowest BCUT2D eigenvalue weighted by Gasteiger charge is -2.10. The van der Waals surface area contributed by atoms with Crippen molar-refractivity contribution in [1.82, 2.24) is 14.8 Å². The number of nitrogens with one attached hydrogen (secondary N) is 1. The summed E-state index contributed by atoms with van der Waals surface area (Å²) in [5.41, 5.74) is 0. The fourth-order valence-electron chi connectivity index (χ4n) is 2.07. The van der Waals surface area contributed by atoms with Gasteiger partial charge in [0.1, 0.15) is 0 Å². The largest absolute Gasteiger partial charge is 0.299 e. The predicted molar refractivity (Wildman–Crippen MR) is 76.2 cm³/mol. The number of thiophene rings is 1. The van der Waals surface area contributed by atoms with Gasteiger partial charge in [0.25, 0.3) is 0 Å². The van der Waals surface area contributed by atoms with Gasteiger partial charge in [-0.25, -0.2) is 0 Å². The molecule has 0 spiro atoms. The topological polar surface area (TPSA) is 33.6 Å². The first-order valence-electron chi connectivity index (χ1n) is 5.61. The third-order valence-corrected chi connectivity index (χ3v) is 5.37. The molecule has 1 fully saturated rings. The Hall–Kier alpha value is -0.590. The van der Waals surface area contributed by atoms with Gasteiger partial charge in [-0.1, -0.05) is 6.07 Å². The van der Waals surface area contributed by atoms with E-state index in [2.05, 4.69) is 26.2 Å². The number of hydrogen-bond acceptors (Lipinski definition) is 4. The smallest absolute Gasteiger partial charge is 0.195 e. The molecule has 2 aromatic rings. The molecule has 0 radical (unpaired) electrons. The molecule has 0 saturated carbocycles. The molecular formula is C11H13N3S3. The minimum atomic E-state index is 0.739. The highest BCUT2D eigenvalue weighted by atomic mass is 32.2. The highest BCUT2D eigenvalue weighted by Gasteiger charge is 2.19. The van der Waals surface area contributed by atoms with Crippen LogP contribution in [0.3, 0.4) is 0 Å². The number of H-pyrrole nitrogens is 1. The minimum Gasteiger partial charge on any atom is -0.299 e. The van der Waals surface area contributed by atoms with Crippen LogP contribution in [0.4, 0.5) is 0 Å². The molecule has 6 heteroatoms. The summed E-state index contributed by atoms with van der Waals surface area (Å²) < 4.78 is 2.89. The van der Waals surface area contributed by atoms with E-state index in [0.717, 1.165) is 23.1 Å². The Morgan fingerprint density at radius 3 is 3.24 bits per heavy atom. The van der Waals surface area contributed by atoms with Crippen LogP contribution in [0.2, 0.25) is 0 Å². The summed E-state index contributed by atoms with van der Waals surface area (Å²) in [6, 6.07) is 4.14. The lowest BCUT2D eigenvalue weighted by molar-refractivity contribution is 0.492. The first-order valence-corrected chi connectivity index (χ1v) is 8.05. The van der Waals surface area contributed by atoms with Gasteiger partial charge in [0, 0.05) is 6.54 Å². The number of thioether (sulfide) groups is 1. The molecule has 1 saturated heterocycles. The molecule has 17 heavy (non-hydrogen) atoms. The summed E-state index contributed by atoms with van der Waals surface area (Å²) in [5, 5.41) is 9.34. The molecule has 0 aliphatic carbocycles. The number of nitrogens with zero attached hydrogens (tertiary/aromatic N) is 2. The monoisotopic (exact) mass is 283 g/mol. The van der Waals surface area contributed by atoms with Gasteiger partial charge in [0.15, 0.2) is 10.6 Å². The maximum atomic E-state index is 5.32. The van der Waals surface area contributed by atoms with E-state index in [1.165, 1.54) is 22.8 Å². The molecule has 0 amide bonds. The number of aromatic amines is 1. The van der Waals surface area contributed by atoms with Crippen molar-refractivity contribution in [2.45, 2.75) is 13.0 Å². The predicted octanol–water partition coefficient (Wildman–Crippen LogP) is 3.42. The minimum absolute atomic E-state index is 0.739. The molecule has 3 nitrogen and oxygen atoms in total. The lowest BCUT2D eigenvalue weighted by Crippen LogP contribution is -2.11. The molecule has 2 aromatic heterocycles. The molecule has 3 heterocycles. The molecule has 1 aliphatic rings. The van der Waals surface area contributed by atoms with E-state index in [4.69, 9.17) is 12.2 Å². The second kappa shape index (κ2) is 4.96. The number of rotatable bonds is 3. The molecule has 0 aromatic carbocycles. The normalized spacial score (nSPS) is 19.9. The molecule has 3 rings (SSSR count). The van der Waals surface area contributed by atoms with Gasteiger partial charge in [0.2, 0.25) is 0 Å². The molecule has 1 aliphatic heterocycles. The molecule has 1 N–H and O–H groups in total. The van der Waals surface area contributed by atoms with Gasteiger partial charge in [-0.2, -0.15) is 16.9 Å². The zero-order valence-electron chi connectivity index (χ0n) is 9.26. The second-order valence-electron chi connectivity index (χ2n) is 4.17. The Morgan fingerprint density at radius 1 is 1.59 bits per heavy atom. The lowest BCUT2D eigenvalue weighted by atomic mass is 10.1. The van der Waals surface area contributed by atoms with E-state index < -0.39 is 0 Å². The Labute approximate surface area is 113 Å². The van der Waals surface area contributed by atoms with Crippen molar-refractivity contribution in [2.75, 3.05) is 11.5 Å². The highest BCUT2D eigenvalue weighted by Crippen LogP contribution is 2.28. The van der Waals surface area contributed by atoms with Crippen LogP contribution >= 0.6 is 35.3 Å². The molecule has 0 bridgehead atoms. The average molecular weight is 283 g/mol. The standard InChI is InChI=1S/C11H13N3S3/c15-11-13-12-10(9-2-1-4-17-9)14(11)6-8-3-5-16-7-8/h1-2,4,8H,3,5-7H2,(H,13,15). The summed E-state index contributed by atoms with van der Waals surface area (Å²) in [4.78, 5) is 1.18. The van der Waals surface area contributed by atoms with Crippen molar-refractivity contribution in [3.05, 3.63) is 22.3 Å². The summed E-state index contributed by atoms with van der Waals surface area (Å²) in [5.74, 6) is 4.26. The van der Waals surface area contributed by atoms with Gasteiger partial charge in [-0.15, -0.1) is 11.3 Å². The third kappa shape index (κ3) is 2.34. The van der Waals surface area contributed by atoms with Crippen LogP contribution in [0, 0.1) is 10.7 Å². The fourth-order valence-corrected chi connectivity index (χ4v) is 4.27. The molecule has 1 atom stereocenters. The SMILES string of the molecule is S=c1[nH]nc(-c2cccs2)n1CC1CCSC1. The van der Waals surface area contributed by atoms with Crippen LogP contribution < -0.4 is 0 Å². The van der Waals surface area contributed by atoms with Crippen molar-refractivity contribution in [2.24, 2.45) is 5.92 Å². The molecule has 90 valence electrons. The van der Waals surface area contributed by atoms with Crippen LogP contribution in [0.15, 0.2) is 17.5 Å². The number of hydrogen-bond donors (Lipinski definition) is 1. The van der Waals surface area contributed by atoms with Gasteiger partial charge >= 0.3 is 0 Å². The quantitative estimate of drug-likeness (QED) is 0.876. The van der Waals surface area contributed by atoms with E-state index in [9.17, 15) is 0 Å². The van der Waals surface area contributed by atoms with Gasteiger partial charge in [-0.05, 0) is 47.5 Å². The maximum Gasteiger partial charge on any atom is 0.195 e. The van der Waals surface area contributed by atoms with Crippen LogP contribution in [-0.4, -0.2) is 26.3 Å². The Kier molecular flexibility index (Phi) is 3.35. The summed E-state index contributed by atoms with van der Waals surface area (Å²) in [6.45, 7) is 0.996. The first kappa shape index (κ1) is 11.5. The van der Waals surface area contributed by atoms with E-state index in [-0.39, 0.29) is 0 Å². The van der Waals surface area contributed by atoms with E-state index in [1.54, 1.807) is 11.3 Å². The van der Waals surface area contributed by atoms with Gasteiger partial charge < -0.3 is 0 Å². The zero-order valence-corrected chi connectivity index (χ0v) is 11.7. The number of aromatic nitrogens is 3. The summed E-state index contributed by atoms with van der Waals surface area (Å²) in [6.07, 6.45) is 1.29. The van der Waals surface area contributed by atoms with Crippen molar-refractivity contribution in [3.63, 3.8) is 0 Å². The van der Waals surface area contributed by atoms with Crippen molar-refractivity contribution in [3.8, 4) is 10.7 Å². The Bertz CT molecular complexity index is 535. The van der Waals surface area contributed by atoms with Gasteiger partial charge in [-0.3, -0.25) is 9.67 Å². The van der Waals surface area contributed by atoms with Crippen molar-refractivity contribution < 1.29 is 0 Å². The van der Waals surface area contributed by atoms with Gasteiger partial charge in [0.05, 0.1) is 4.88 Å². The Balaban J connectivity index is 1.92. The van der Waals surface area contributed by atoms with E-state index in [0.29, 0.717) is 0 Å². The maximum absolute atomic E-state index is 5.32. The van der Waals surface area contributed by atoms with Crippen LogP contribution in [0.25, 0.3) is 10.7 Å². The second-order valence-corrected chi connectivity index (χ2v) is 6.65. The van der Waals surface area contributed by atoms with Crippen molar-refractivity contribution in [1.29, 1.82) is 0 Å². The first-order chi connectivity index (χ1) is 8.34. The molecule has 1 unspecified atom stereocenters. The average Bonchev–Trinajstić information content (AvgIpc) is 3.03.